The number of rotatable bonds is 3. The summed E-state index contributed by atoms with van der Waals surface area (Å²) in [6.45, 7) is 3.07. The van der Waals surface area contributed by atoms with Crippen LogP contribution in [0.4, 0.5) is 8.78 Å². The van der Waals surface area contributed by atoms with E-state index in [0.717, 1.165) is 21.4 Å². The second kappa shape index (κ2) is 7.00. The van der Waals surface area contributed by atoms with Crippen LogP contribution < -0.4 is 11.2 Å². The molecule has 0 saturated heterocycles. The summed E-state index contributed by atoms with van der Waals surface area (Å²) in [7, 11) is 0. The van der Waals surface area contributed by atoms with Crippen LogP contribution in [0.5, 0.6) is 0 Å². The molecular formula is C19H13F2N7O2. The van der Waals surface area contributed by atoms with Crippen molar-refractivity contribution in [2.24, 2.45) is 0 Å². The maximum absolute atomic E-state index is 13.8. The van der Waals surface area contributed by atoms with Crippen LogP contribution in [0.2, 0.25) is 0 Å². The third kappa shape index (κ3) is 2.86. The summed E-state index contributed by atoms with van der Waals surface area (Å²) in [5.74, 6) is 0.108. The van der Waals surface area contributed by atoms with Gasteiger partial charge in [0.15, 0.2) is 23.1 Å². The van der Waals surface area contributed by atoms with Gasteiger partial charge in [-0.2, -0.15) is 5.10 Å². The van der Waals surface area contributed by atoms with E-state index in [-0.39, 0.29) is 34.8 Å². The van der Waals surface area contributed by atoms with Gasteiger partial charge in [0, 0.05) is 12.1 Å². The zero-order valence-corrected chi connectivity index (χ0v) is 15.8. The van der Waals surface area contributed by atoms with Gasteiger partial charge in [-0.25, -0.2) is 22.8 Å². The number of nitrogens with zero attached hydrogens (tertiary/aromatic N) is 7. The van der Waals surface area contributed by atoms with Crippen molar-refractivity contribution in [2.75, 3.05) is 0 Å². The van der Waals surface area contributed by atoms with Crippen molar-refractivity contribution in [3.05, 3.63) is 68.1 Å². The lowest BCUT2D eigenvalue weighted by atomic mass is 10.2. The smallest absolute Gasteiger partial charge is 0.284 e. The van der Waals surface area contributed by atoms with Gasteiger partial charge in [-0.05, 0) is 25.5 Å². The summed E-state index contributed by atoms with van der Waals surface area (Å²) >= 11 is 0. The molecule has 3 heterocycles. The predicted octanol–water partition coefficient (Wildman–Crippen LogP) is 1.05. The highest BCUT2D eigenvalue weighted by atomic mass is 19.2. The Morgan fingerprint density at radius 2 is 1.83 bits per heavy atom. The molecule has 0 aliphatic heterocycles. The molecule has 11 heteroatoms. The van der Waals surface area contributed by atoms with E-state index in [2.05, 4.69) is 26.4 Å². The molecule has 30 heavy (non-hydrogen) atoms. The first-order valence-corrected chi connectivity index (χ1v) is 8.64. The summed E-state index contributed by atoms with van der Waals surface area (Å²) in [6, 6.07) is 3.24. The van der Waals surface area contributed by atoms with Gasteiger partial charge in [-0.3, -0.25) is 9.36 Å². The average molecular weight is 409 g/mol. The van der Waals surface area contributed by atoms with Gasteiger partial charge in [0.25, 0.3) is 5.56 Å². The lowest BCUT2D eigenvalue weighted by molar-refractivity contribution is 0.510. The molecule has 0 radical (unpaired) electrons. The standard InChI is InChI=1S/C19H13F2N7O2/c1-4-5-26-11(3)17(28-15-8-13(21)12(20)7-14(15)23-25-28)18(29)27(19(26)30)16-6-10(2)9-22-24-16/h1,6-9H,5H2,2-3H3. The molecule has 4 aromatic rings. The van der Waals surface area contributed by atoms with Crippen LogP contribution in [0.3, 0.4) is 0 Å². The number of aromatic nitrogens is 7. The fraction of sp³-hybridized carbons (Fsp3) is 0.158. The number of aryl methyl sites for hydroxylation is 1. The van der Waals surface area contributed by atoms with E-state index in [1.54, 1.807) is 6.92 Å². The summed E-state index contributed by atoms with van der Waals surface area (Å²) in [4.78, 5) is 26.4. The van der Waals surface area contributed by atoms with Crippen molar-refractivity contribution in [1.29, 1.82) is 0 Å². The number of hydrogen-bond acceptors (Lipinski definition) is 6. The Kier molecular flexibility index (Phi) is 4.46. The number of fused-ring (bicyclic) bond motifs is 1. The fourth-order valence-electron chi connectivity index (χ4n) is 3.10. The zero-order valence-electron chi connectivity index (χ0n) is 15.8. The van der Waals surface area contributed by atoms with Crippen molar-refractivity contribution >= 4 is 11.0 Å². The second-order valence-corrected chi connectivity index (χ2v) is 6.49. The second-order valence-electron chi connectivity index (χ2n) is 6.49. The lowest BCUT2D eigenvalue weighted by Crippen LogP contribution is -2.42. The zero-order chi connectivity index (χ0) is 21.6. The molecule has 9 nitrogen and oxygen atoms in total. The van der Waals surface area contributed by atoms with Crippen LogP contribution in [0, 0.1) is 37.8 Å². The van der Waals surface area contributed by atoms with E-state index >= 15 is 0 Å². The molecule has 0 atom stereocenters. The molecule has 1 aromatic carbocycles. The normalized spacial score (nSPS) is 11.0. The van der Waals surface area contributed by atoms with Gasteiger partial charge in [0.1, 0.15) is 5.52 Å². The molecule has 0 spiro atoms. The number of hydrogen-bond donors (Lipinski definition) is 0. The maximum Gasteiger partial charge on any atom is 0.338 e. The van der Waals surface area contributed by atoms with E-state index in [1.807, 2.05) is 0 Å². The van der Waals surface area contributed by atoms with Gasteiger partial charge >= 0.3 is 5.69 Å². The summed E-state index contributed by atoms with van der Waals surface area (Å²) in [5, 5.41) is 15.3. The Morgan fingerprint density at radius 3 is 2.53 bits per heavy atom. The van der Waals surface area contributed by atoms with Gasteiger partial charge in [0.2, 0.25) is 0 Å². The van der Waals surface area contributed by atoms with Gasteiger partial charge in [-0.1, -0.05) is 11.1 Å². The Morgan fingerprint density at radius 1 is 1.10 bits per heavy atom. The predicted molar refractivity (Wildman–Crippen MR) is 103 cm³/mol. The summed E-state index contributed by atoms with van der Waals surface area (Å²) in [6.07, 6.45) is 6.86. The minimum absolute atomic E-state index is 0.0151. The van der Waals surface area contributed by atoms with E-state index < -0.39 is 22.9 Å². The van der Waals surface area contributed by atoms with E-state index in [9.17, 15) is 18.4 Å². The van der Waals surface area contributed by atoms with Gasteiger partial charge in [-0.15, -0.1) is 16.6 Å². The van der Waals surface area contributed by atoms with E-state index in [4.69, 9.17) is 6.42 Å². The number of halogens is 2. The Bertz CT molecular complexity index is 1480. The Balaban J connectivity index is 2.14. The molecule has 0 fully saturated rings. The molecule has 4 rings (SSSR count). The monoisotopic (exact) mass is 409 g/mol. The van der Waals surface area contributed by atoms with Crippen molar-refractivity contribution in [1.82, 2.24) is 34.3 Å². The first-order valence-electron chi connectivity index (χ1n) is 8.64. The highest BCUT2D eigenvalue weighted by Gasteiger charge is 2.22. The Labute approximate surface area is 167 Å². The SMILES string of the molecule is C#CCn1c(C)c(-n2nnc3cc(F)c(F)cc32)c(=O)n(-c2cc(C)cnn2)c1=O. The quantitative estimate of drug-likeness (QED) is 0.469. The first kappa shape index (κ1) is 19.1. The maximum atomic E-state index is 13.8. The van der Waals surface area contributed by atoms with Crippen LogP contribution in [0.1, 0.15) is 11.3 Å². The number of benzene rings is 1. The van der Waals surface area contributed by atoms with Crippen molar-refractivity contribution < 1.29 is 8.78 Å². The lowest BCUT2D eigenvalue weighted by Gasteiger charge is -2.15. The Hall–Kier alpha value is -4.20. The third-order valence-corrected chi connectivity index (χ3v) is 4.53. The van der Waals surface area contributed by atoms with E-state index in [0.29, 0.717) is 5.56 Å². The largest absolute Gasteiger partial charge is 0.338 e. The van der Waals surface area contributed by atoms with Crippen molar-refractivity contribution in [2.45, 2.75) is 20.4 Å². The van der Waals surface area contributed by atoms with Crippen molar-refractivity contribution in [3.8, 4) is 23.8 Å². The summed E-state index contributed by atoms with van der Waals surface area (Å²) in [5.41, 5.74) is -0.701. The van der Waals surface area contributed by atoms with Crippen LogP contribution >= 0.6 is 0 Å². The van der Waals surface area contributed by atoms with Crippen LogP contribution in [-0.2, 0) is 6.54 Å². The minimum atomic E-state index is -1.13. The van der Waals surface area contributed by atoms with Crippen molar-refractivity contribution in [3.63, 3.8) is 0 Å². The molecule has 0 amide bonds. The highest BCUT2D eigenvalue weighted by Crippen LogP contribution is 2.19. The molecule has 0 aliphatic carbocycles. The molecule has 0 unspecified atom stereocenters. The molecule has 0 bridgehead atoms. The van der Waals surface area contributed by atoms with Gasteiger partial charge < -0.3 is 0 Å². The summed E-state index contributed by atoms with van der Waals surface area (Å²) < 4.78 is 30.4. The fourth-order valence-corrected chi connectivity index (χ4v) is 3.10. The third-order valence-electron chi connectivity index (χ3n) is 4.53. The van der Waals surface area contributed by atoms with Crippen LogP contribution in [0.25, 0.3) is 22.5 Å². The highest BCUT2D eigenvalue weighted by molar-refractivity contribution is 5.76. The molecular weight excluding hydrogens is 396 g/mol. The first-order chi connectivity index (χ1) is 14.3. The molecule has 150 valence electrons. The molecule has 0 aliphatic rings. The average Bonchev–Trinajstić information content (AvgIpc) is 3.08. The van der Waals surface area contributed by atoms with Crippen LogP contribution in [0.15, 0.2) is 34.0 Å². The molecule has 0 saturated carbocycles. The topological polar surface area (TPSA) is 100 Å². The number of terminal acetylenes is 1. The van der Waals surface area contributed by atoms with Crippen LogP contribution in [-0.4, -0.2) is 34.3 Å². The minimum Gasteiger partial charge on any atom is -0.284 e. The molecule has 0 N–H and O–H groups in total. The van der Waals surface area contributed by atoms with Gasteiger partial charge in [0.05, 0.1) is 24.0 Å². The van der Waals surface area contributed by atoms with E-state index in [1.165, 1.54) is 23.8 Å². The molecule has 3 aromatic heterocycles.